The first-order chi connectivity index (χ1) is 15.2. The van der Waals surface area contributed by atoms with Gasteiger partial charge in [0.2, 0.25) is 5.13 Å². The molecule has 8 nitrogen and oxygen atoms in total. The molecule has 0 saturated carbocycles. The Morgan fingerprint density at radius 3 is 2.72 bits per heavy atom. The number of ether oxygens (including phenoxy) is 1. The van der Waals surface area contributed by atoms with E-state index in [0.29, 0.717) is 22.4 Å². The maximum Gasteiger partial charge on any atom is 0.254 e. The summed E-state index contributed by atoms with van der Waals surface area (Å²) in [5.74, 6) is -0.609. The quantitative estimate of drug-likeness (QED) is 0.615. The molecule has 0 unspecified atom stereocenters. The lowest BCUT2D eigenvalue weighted by molar-refractivity contribution is 0.0731. The standard InChI is InChI=1S/C21H21FN4O4S2/c1-3-14-15(5-7-17(18(14)22)32(2,28)29)20(27)26-8-9-30-16-6-4-12(10-13(16)11-26)19-24-25-21(23)31-19/h4-7,10H,3,8-9,11H2,1-2H3,(H2,23,25). The number of carbonyl (C=O) groups is 1. The number of aromatic nitrogens is 2. The van der Waals surface area contributed by atoms with Gasteiger partial charge < -0.3 is 15.4 Å². The fourth-order valence-corrected chi connectivity index (χ4v) is 5.02. The van der Waals surface area contributed by atoms with Crippen molar-refractivity contribution in [3.05, 3.63) is 52.8 Å². The summed E-state index contributed by atoms with van der Waals surface area (Å²) in [4.78, 5) is 14.5. The number of amides is 1. The molecule has 0 radical (unpaired) electrons. The largest absolute Gasteiger partial charge is 0.491 e. The second-order valence-electron chi connectivity index (χ2n) is 7.37. The highest BCUT2D eigenvalue weighted by Gasteiger charge is 2.27. The van der Waals surface area contributed by atoms with Gasteiger partial charge in [0.05, 0.1) is 6.54 Å². The maximum absolute atomic E-state index is 14.9. The minimum atomic E-state index is -3.75. The van der Waals surface area contributed by atoms with E-state index in [1.54, 1.807) is 11.8 Å². The Labute approximate surface area is 188 Å². The van der Waals surface area contributed by atoms with Gasteiger partial charge in [-0.15, -0.1) is 10.2 Å². The van der Waals surface area contributed by atoms with E-state index in [9.17, 15) is 17.6 Å². The number of carbonyl (C=O) groups excluding carboxylic acids is 1. The maximum atomic E-state index is 14.9. The average molecular weight is 477 g/mol. The molecule has 1 aliphatic rings. The van der Waals surface area contributed by atoms with Gasteiger partial charge in [-0.25, -0.2) is 12.8 Å². The lowest BCUT2D eigenvalue weighted by Gasteiger charge is -2.22. The molecule has 11 heteroatoms. The van der Waals surface area contributed by atoms with Gasteiger partial charge >= 0.3 is 0 Å². The van der Waals surface area contributed by atoms with Crippen LogP contribution in [-0.4, -0.2) is 48.8 Å². The molecule has 0 atom stereocenters. The number of hydrogen-bond acceptors (Lipinski definition) is 8. The van der Waals surface area contributed by atoms with E-state index in [4.69, 9.17) is 10.5 Å². The molecule has 2 aromatic carbocycles. The number of halogens is 1. The topological polar surface area (TPSA) is 115 Å². The van der Waals surface area contributed by atoms with Gasteiger partial charge in [0.1, 0.15) is 28.1 Å². The molecule has 32 heavy (non-hydrogen) atoms. The zero-order chi connectivity index (χ0) is 23.0. The molecule has 4 rings (SSSR count). The van der Waals surface area contributed by atoms with Crippen LogP contribution in [0, 0.1) is 5.82 Å². The fraction of sp³-hybridized carbons (Fsp3) is 0.286. The smallest absolute Gasteiger partial charge is 0.254 e. The molecule has 3 aromatic rings. The average Bonchev–Trinajstić information content (AvgIpc) is 3.06. The molecule has 2 heterocycles. The van der Waals surface area contributed by atoms with Crippen molar-refractivity contribution in [2.45, 2.75) is 24.8 Å². The Morgan fingerprint density at radius 1 is 1.28 bits per heavy atom. The van der Waals surface area contributed by atoms with Gasteiger partial charge in [0.25, 0.3) is 5.91 Å². The lowest BCUT2D eigenvalue weighted by Crippen LogP contribution is -2.33. The second kappa shape index (κ2) is 8.47. The van der Waals surface area contributed by atoms with Crippen molar-refractivity contribution in [3.63, 3.8) is 0 Å². The number of nitrogens with zero attached hydrogens (tertiary/aromatic N) is 3. The monoisotopic (exact) mass is 476 g/mol. The van der Waals surface area contributed by atoms with E-state index in [2.05, 4.69) is 10.2 Å². The summed E-state index contributed by atoms with van der Waals surface area (Å²) in [6.07, 6.45) is 1.12. The number of hydrogen-bond donors (Lipinski definition) is 1. The van der Waals surface area contributed by atoms with Crippen LogP contribution in [0.2, 0.25) is 0 Å². The number of fused-ring (bicyclic) bond motifs is 1. The van der Waals surface area contributed by atoms with Gasteiger partial charge in [-0.3, -0.25) is 4.79 Å². The van der Waals surface area contributed by atoms with Crippen LogP contribution >= 0.6 is 11.3 Å². The van der Waals surface area contributed by atoms with Crippen LogP contribution < -0.4 is 10.5 Å². The summed E-state index contributed by atoms with van der Waals surface area (Å²) in [6.45, 7) is 2.50. The highest BCUT2D eigenvalue weighted by molar-refractivity contribution is 7.90. The van der Waals surface area contributed by atoms with E-state index in [1.165, 1.54) is 17.4 Å². The summed E-state index contributed by atoms with van der Waals surface area (Å²) in [5, 5.41) is 8.89. The summed E-state index contributed by atoms with van der Waals surface area (Å²) < 4.78 is 44.5. The van der Waals surface area contributed by atoms with Crippen molar-refractivity contribution in [2.24, 2.45) is 0 Å². The van der Waals surface area contributed by atoms with Crippen LogP contribution in [0.15, 0.2) is 35.2 Å². The lowest BCUT2D eigenvalue weighted by atomic mass is 10.0. The zero-order valence-corrected chi connectivity index (χ0v) is 19.1. The van der Waals surface area contributed by atoms with Crippen LogP contribution in [0.25, 0.3) is 10.6 Å². The SMILES string of the molecule is CCc1c(C(=O)N2CCOc3ccc(-c4nnc(N)s4)cc3C2)ccc(S(C)(=O)=O)c1F. The number of rotatable bonds is 4. The fourth-order valence-electron chi connectivity index (χ4n) is 3.65. The van der Waals surface area contributed by atoms with Crippen LogP contribution in [0.4, 0.5) is 9.52 Å². The first-order valence-corrected chi connectivity index (χ1v) is 12.6. The van der Waals surface area contributed by atoms with Gasteiger partial charge in [0, 0.05) is 35.1 Å². The highest BCUT2D eigenvalue weighted by Crippen LogP contribution is 2.32. The first kappa shape index (κ1) is 22.2. The highest BCUT2D eigenvalue weighted by atomic mass is 32.2. The van der Waals surface area contributed by atoms with Crippen LogP contribution in [0.5, 0.6) is 5.75 Å². The minimum absolute atomic E-state index is 0.0846. The Bertz CT molecular complexity index is 1310. The summed E-state index contributed by atoms with van der Waals surface area (Å²) in [6, 6.07) is 8.07. The number of nitrogen functional groups attached to an aromatic ring is 1. The van der Waals surface area contributed by atoms with Crippen molar-refractivity contribution in [3.8, 4) is 16.3 Å². The molecular formula is C21H21FN4O4S2. The molecule has 0 spiro atoms. The molecule has 168 valence electrons. The third-order valence-electron chi connectivity index (χ3n) is 5.21. The molecule has 1 aliphatic heterocycles. The Morgan fingerprint density at radius 2 is 2.06 bits per heavy atom. The molecule has 0 bridgehead atoms. The second-order valence-corrected chi connectivity index (χ2v) is 10.4. The van der Waals surface area contributed by atoms with Crippen molar-refractivity contribution >= 4 is 32.2 Å². The van der Waals surface area contributed by atoms with Crippen LogP contribution in [-0.2, 0) is 22.8 Å². The van der Waals surface area contributed by atoms with Gasteiger partial charge in [-0.05, 0) is 36.8 Å². The zero-order valence-electron chi connectivity index (χ0n) is 17.5. The van der Waals surface area contributed by atoms with Crippen molar-refractivity contribution < 1.29 is 22.3 Å². The summed E-state index contributed by atoms with van der Waals surface area (Å²) >= 11 is 1.25. The normalized spacial score (nSPS) is 13.9. The number of benzene rings is 2. The van der Waals surface area contributed by atoms with Crippen molar-refractivity contribution in [1.29, 1.82) is 0 Å². The predicted molar refractivity (Wildman–Crippen MR) is 119 cm³/mol. The Kier molecular flexibility index (Phi) is 5.87. The molecule has 1 amide bonds. The van der Waals surface area contributed by atoms with E-state index < -0.39 is 20.5 Å². The van der Waals surface area contributed by atoms with Crippen molar-refractivity contribution in [1.82, 2.24) is 15.1 Å². The van der Waals surface area contributed by atoms with E-state index >= 15 is 0 Å². The molecule has 2 N–H and O–H groups in total. The third kappa shape index (κ3) is 4.17. The molecular weight excluding hydrogens is 455 g/mol. The molecule has 1 aromatic heterocycles. The van der Waals surface area contributed by atoms with Crippen LogP contribution in [0.1, 0.15) is 28.4 Å². The van der Waals surface area contributed by atoms with Crippen LogP contribution in [0.3, 0.4) is 0 Å². The number of anilines is 1. The van der Waals surface area contributed by atoms with Gasteiger partial charge in [-0.1, -0.05) is 18.3 Å². The minimum Gasteiger partial charge on any atom is -0.491 e. The summed E-state index contributed by atoms with van der Waals surface area (Å²) in [5.41, 5.74) is 7.48. The Balaban J connectivity index is 1.68. The van der Waals surface area contributed by atoms with E-state index in [-0.39, 0.29) is 36.6 Å². The van der Waals surface area contributed by atoms with Crippen molar-refractivity contribution in [2.75, 3.05) is 25.1 Å². The summed E-state index contributed by atoms with van der Waals surface area (Å²) in [7, 11) is -3.75. The Hall–Kier alpha value is -3.05. The van der Waals surface area contributed by atoms with Gasteiger partial charge in [-0.2, -0.15) is 0 Å². The predicted octanol–water partition coefficient (Wildman–Crippen LogP) is 2.93. The van der Waals surface area contributed by atoms with E-state index in [0.717, 1.165) is 23.4 Å². The third-order valence-corrected chi connectivity index (χ3v) is 7.12. The number of sulfone groups is 1. The molecule has 0 saturated heterocycles. The van der Waals surface area contributed by atoms with E-state index in [1.807, 2.05) is 18.2 Å². The molecule has 0 aliphatic carbocycles. The number of nitrogens with two attached hydrogens (primary N) is 1. The first-order valence-electron chi connectivity index (χ1n) is 9.84. The molecule has 0 fully saturated rings. The van der Waals surface area contributed by atoms with Gasteiger partial charge in [0.15, 0.2) is 9.84 Å².